The molecule has 0 bridgehead atoms. The van der Waals surface area contributed by atoms with E-state index in [0.717, 1.165) is 6.07 Å². The molecule has 17 heavy (non-hydrogen) atoms. The molecule has 0 aliphatic carbocycles. The fraction of sp³-hybridized carbons (Fsp3) is 0.364. The lowest BCUT2D eigenvalue weighted by Crippen LogP contribution is -2.17. The van der Waals surface area contributed by atoms with Crippen LogP contribution in [0.3, 0.4) is 0 Å². The first-order chi connectivity index (χ1) is 8.00. The molecule has 1 saturated heterocycles. The molecular formula is C11H11F2NO3. The Hall–Kier alpha value is -1.69. The van der Waals surface area contributed by atoms with E-state index >= 15 is 0 Å². The van der Waals surface area contributed by atoms with E-state index in [1.54, 1.807) is 0 Å². The van der Waals surface area contributed by atoms with Gasteiger partial charge in [0.2, 0.25) is 0 Å². The van der Waals surface area contributed by atoms with Gasteiger partial charge in [-0.05, 0) is 12.5 Å². The number of benzene rings is 1. The maximum absolute atomic E-state index is 13.6. The Labute approximate surface area is 95.9 Å². The Morgan fingerprint density at radius 3 is 2.71 bits per heavy atom. The summed E-state index contributed by atoms with van der Waals surface area (Å²) in [6.45, 7) is 0.234. The summed E-state index contributed by atoms with van der Waals surface area (Å²) in [5, 5.41) is 20.8. The number of phenols is 1. The highest BCUT2D eigenvalue weighted by Gasteiger charge is 2.32. The van der Waals surface area contributed by atoms with Crippen molar-refractivity contribution in [1.82, 2.24) is 5.32 Å². The van der Waals surface area contributed by atoms with Crippen LogP contribution in [0.2, 0.25) is 0 Å². The Morgan fingerprint density at radius 2 is 2.12 bits per heavy atom. The average molecular weight is 243 g/mol. The van der Waals surface area contributed by atoms with Crippen molar-refractivity contribution in [3.05, 3.63) is 29.3 Å². The smallest absolute Gasteiger partial charge is 0.307 e. The van der Waals surface area contributed by atoms with E-state index in [4.69, 9.17) is 10.2 Å². The van der Waals surface area contributed by atoms with E-state index in [1.807, 2.05) is 0 Å². The lowest BCUT2D eigenvalue weighted by atomic mass is 9.99. The minimum atomic E-state index is -1.03. The number of hydrogen-bond donors (Lipinski definition) is 3. The number of rotatable bonds is 2. The highest BCUT2D eigenvalue weighted by atomic mass is 19.1. The molecule has 92 valence electrons. The zero-order valence-corrected chi connectivity index (χ0v) is 8.78. The molecule has 1 aliphatic rings. The molecule has 0 aromatic heterocycles. The highest BCUT2D eigenvalue weighted by molar-refractivity contribution is 5.70. The van der Waals surface area contributed by atoms with Crippen LogP contribution < -0.4 is 5.32 Å². The van der Waals surface area contributed by atoms with Crippen molar-refractivity contribution < 1.29 is 23.8 Å². The van der Waals surface area contributed by atoms with Crippen molar-refractivity contribution in [3.63, 3.8) is 0 Å². The van der Waals surface area contributed by atoms with Gasteiger partial charge in [0.05, 0.1) is 5.92 Å². The summed E-state index contributed by atoms with van der Waals surface area (Å²) in [5.74, 6) is -4.63. The van der Waals surface area contributed by atoms with Crippen LogP contribution in [0, 0.1) is 17.6 Å². The van der Waals surface area contributed by atoms with Crippen molar-refractivity contribution in [2.24, 2.45) is 5.92 Å². The number of aromatic hydroxyl groups is 1. The van der Waals surface area contributed by atoms with Gasteiger partial charge in [-0.1, -0.05) is 6.07 Å². The van der Waals surface area contributed by atoms with Crippen LogP contribution >= 0.6 is 0 Å². The molecule has 4 nitrogen and oxygen atoms in total. The molecule has 2 atom stereocenters. The van der Waals surface area contributed by atoms with Crippen LogP contribution in [0.1, 0.15) is 18.0 Å². The number of phenolic OH excluding ortho intramolecular Hbond substituents is 1. The zero-order chi connectivity index (χ0) is 12.6. The van der Waals surface area contributed by atoms with Crippen LogP contribution in [0.25, 0.3) is 0 Å². The van der Waals surface area contributed by atoms with Crippen molar-refractivity contribution >= 4 is 5.97 Å². The Balaban J connectivity index is 2.25. The molecule has 1 aromatic rings. The summed E-state index contributed by atoms with van der Waals surface area (Å²) in [7, 11) is 0. The van der Waals surface area contributed by atoms with E-state index in [9.17, 15) is 13.6 Å². The van der Waals surface area contributed by atoms with Crippen molar-refractivity contribution in [2.75, 3.05) is 6.54 Å². The second kappa shape index (κ2) is 4.29. The van der Waals surface area contributed by atoms with E-state index in [-0.39, 0.29) is 18.5 Å². The predicted molar refractivity (Wildman–Crippen MR) is 54.5 cm³/mol. The molecule has 0 spiro atoms. The monoisotopic (exact) mass is 243 g/mol. The minimum Gasteiger partial charge on any atom is -0.503 e. The molecule has 0 saturated carbocycles. The van der Waals surface area contributed by atoms with E-state index < -0.39 is 35.3 Å². The maximum Gasteiger partial charge on any atom is 0.307 e. The van der Waals surface area contributed by atoms with Crippen LogP contribution in [0.15, 0.2) is 12.1 Å². The van der Waals surface area contributed by atoms with Gasteiger partial charge in [-0.25, -0.2) is 8.78 Å². The lowest BCUT2D eigenvalue weighted by molar-refractivity contribution is -0.141. The molecule has 1 aromatic carbocycles. The summed E-state index contributed by atoms with van der Waals surface area (Å²) in [6, 6.07) is 1.66. The van der Waals surface area contributed by atoms with Gasteiger partial charge in [0.1, 0.15) is 0 Å². The van der Waals surface area contributed by atoms with Gasteiger partial charge in [0, 0.05) is 18.2 Å². The molecular weight excluding hydrogens is 232 g/mol. The van der Waals surface area contributed by atoms with Gasteiger partial charge < -0.3 is 15.5 Å². The van der Waals surface area contributed by atoms with Crippen molar-refractivity contribution in [2.45, 2.75) is 12.5 Å². The summed E-state index contributed by atoms with van der Waals surface area (Å²) >= 11 is 0. The molecule has 2 rings (SSSR count). The second-order valence-electron chi connectivity index (χ2n) is 4.03. The maximum atomic E-state index is 13.6. The second-order valence-corrected chi connectivity index (χ2v) is 4.03. The summed E-state index contributed by atoms with van der Waals surface area (Å²) in [5.41, 5.74) is 0.0904. The first kappa shape index (κ1) is 11.8. The Bertz CT molecular complexity index is 464. The molecule has 1 fully saturated rings. The normalized spacial score (nSPS) is 23.9. The quantitative estimate of drug-likeness (QED) is 0.734. The Morgan fingerprint density at radius 1 is 1.41 bits per heavy atom. The standard InChI is InChI=1S/C11H11F2NO3/c12-7-2-1-6(9(13)10(7)15)8-3-5(4-14-8)11(16)17/h1-2,5,8,14-15H,3-4H2,(H,16,17). The lowest BCUT2D eigenvalue weighted by Gasteiger charge is -2.12. The SMILES string of the molecule is O=C(O)C1CNC(c2ccc(F)c(O)c2F)C1. The largest absolute Gasteiger partial charge is 0.503 e. The molecule has 1 aliphatic heterocycles. The van der Waals surface area contributed by atoms with Gasteiger partial charge in [0.15, 0.2) is 17.4 Å². The number of aliphatic carboxylic acids is 1. The molecule has 3 N–H and O–H groups in total. The highest BCUT2D eigenvalue weighted by Crippen LogP contribution is 2.33. The summed E-state index contributed by atoms with van der Waals surface area (Å²) in [4.78, 5) is 10.7. The van der Waals surface area contributed by atoms with Crippen LogP contribution in [0.4, 0.5) is 8.78 Å². The topological polar surface area (TPSA) is 69.6 Å². The fourth-order valence-electron chi connectivity index (χ4n) is 1.99. The van der Waals surface area contributed by atoms with Crippen LogP contribution in [-0.2, 0) is 4.79 Å². The van der Waals surface area contributed by atoms with E-state index in [1.165, 1.54) is 6.07 Å². The third-order valence-corrected chi connectivity index (χ3v) is 2.95. The van der Waals surface area contributed by atoms with Crippen LogP contribution in [-0.4, -0.2) is 22.7 Å². The number of carboxylic acids is 1. The van der Waals surface area contributed by atoms with Crippen LogP contribution in [0.5, 0.6) is 5.75 Å². The number of hydrogen-bond acceptors (Lipinski definition) is 3. The minimum absolute atomic E-state index is 0.0904. The zero-order valence-electron chi connectivity index (χ0n) is 8.78. The number of carbonyl (C=O) groups is 1. The third-order valence-electron chi connectivity index (χ3n) is 2.95. The summed E-state index contributed by atoms with van der Waals surface area (Å²) < 4.78 is 26.4. The number of nitrogens with one attached hydrogen (secondary N) is 1. The first-order valence-electron chi connectivity index (χ1n) is 5.13. The van der Waals surface area contributed by atoms with E-state index in [2.05, 4.69) is 5.32 Å². The molecule has 2 unspecified atom stereocenters. The number of halogens is 2. The van der Waals surface area contributed by atoms with Gasteiger partial charge in [-0.15, -0.1) is 0 Å². The van der Waals surface area contributed by atoms with Crippen molar-refractivity contribution in [3.8, 4) is 5.75 Å². The van der Waals surface area contributed by atoms with Gasteiger partial charge in [-0.2, -0.15) is 0 Å². The summed E-state index contributed by atoms with van der Waals surface area (Å²) in [6.07, 6.45) is 0.220. The molecule has 6 heteroatoms. The van der Waals surface area contributed by atoms with Gasteiger partial charge >= 0.3 is 5.97 Å². The first-order valence-corrected chi connectivity index (χ1v) is 5.13. The predicted octanol–water partition coefficient (Wildman–Crippen LogP) is 1.41. The van der Waals surface area contributed by atoms with Crippen molar-refractivity contribution in [1.29, 1.82) is 0 Å². The fourth-order valence-corrected chi connectivity index (χ4v) is 1.99. The Kier molecular flexibility index (Phi) is 2.97. The molecule has 1 heterocycles. The molecule has 0 radical (unpaired) electrons. The van der Waals surface area contributed by atoms with Gasteiger partial charge in [-0.3, -0.25) is 4.79 Å². The number of carboxylic acid groups (broad SMARTS) is 1. The average Bonchev–Trinajstić information content (AvgIpc) is 2.75. The molecule has 0 amide bonds. The van der Waals surface area contributed by atoms with E-state index in [0.29, 0.717) is 0 Å². The van der Waals surface area contributed by atoms with Gasteiger partial charge in [0.25, 0.3) is 0 Å². The third kappa shape index (κ3) is 2.08.